The molecule has 166 valence electrons. The number of likely N-dealkylation sites (tertiary alicyclic amines) is 1. The van der Waals surface area contributed by atoms with Crippen LogP contribution in [0.15, 0.2) is 65.9 Å². The molecule has 3 aliphatic rings. The van der Waals surface area contributed by atoms with Gasteiger partial charge in [0.25, 0.3) is 5.17 Å². The summed E-state index contributed by atoms with van der Waals surface area (Å²) in [6, 6.07) is 15.9. The average molecular weight is 479 g/mol. The Balaban J connectivity index is 1.33. The number of aliphatic imine (C=N–C) groups is 1. The Morgan fingerprint density at radius 2 is 2.12 bits per heavy atom. The van der Waals surface area contributed by atoms with E-state index in [2.05, 4.69) is 16.4 Å². The highest BCUT2D eigenvalue weighted by Gasteiger charge is 2.57. The van der Waals surface area contributed by atoms with Crippen molar-refractivity contribution in [3.8, 4) is 6.07 Å². The van der Waals surface area contributed by atoms with E-state index in [0.29, 0.717) is 41.0 Å². The minimum Gasteiger partial charge on any atom is -0.336 e. The average Bonchev–Trinajstić information content (AvgIpc) is 3.49. The lowest BCUT2D eigenvalue weighted by Crippen LogP contribution is -2.57. The zero-order valence-electron chi connectivity index (χ0n) is 17.6. The predicted octanol–water partition coefficient (Wildman–Crippen LogP) is 4.17. The van der Waals surface area contributed by atoms with Gasteiger partial charge in [0.15, 0.2) is 0 Å². The summed E-state index contributed by atoms with van der Waals surface area (Å²) in [6.45, 7) is 1.03. The fourth-order valence-corrected chi connectivity index (χ4v) is 6.13. The van der Waals surface area contributed by atoms with E-state index >= 15 is 0 Å². The zero-order chi connectivity index (χ0) is 23.0. The number of nitriles is 1. The summed E-state index contributed by atoms with van der Waals surface area (Å²) >= 11 is 7.61. The van der Waals surface area contributed by atoms with E-state index in [4.69, 9.17) is 16.9 Å². The number of hydrogen-bond donors (Lipinski definition) is 1. The van der Waals surface area contributed by atoms with Gasteiger partial charge in [-0.05, 0) is 48.0 Å². The molecule has 2 fully saturated rings. The first-order chi connectivity index (χ1) is 16.0. The highest BCUT2D eigenvalue weighted by Crippen LogP contribution is 2.45. The molecule has 0 aliphatic carbocycles. The lowest BCUT2D eigenvalue weighted by Gasteiger charge is -2.31. The lowest BCUT2D eigenvalue weighted by molar-refractivity contribution is -0.725. The van der Waals surface area contributed by atoms with Crippen LogP contribution in [0.25, 0.3) is 0 Å². The van der Waals surface area contributed by atoms with Gasteiger partial charge in [-0.3, -0.25) is 10.1 Å². The van der Waals surface area contributed by atoms with Gasteiger partial charge in [-0.2, -0.15) is 14.7 Å². The quantitative estimate of drug-likeness (QED) is 0.668. The maximum absolute atomic E-state index is 13.6. The number of nitrogens with zero attached hydrogens (tertiary/aromatic N) is 4. The third kappa shape index (κ3) is 3.82. The third-order valence-corrected chi connectivity index (χ3v) is 7.67. The number of halogens is 1. The van der Waals surface area contributed by atoms with Gasteiger partial charge in [-0.15, -0.1) is 0 Å². The number of urea groups is 1. The molecule has 0 spiro atoms. The number of hydrogen-bond acceptors (Lipinski definition) is 5. The van der Waals surface area contributed by atoms with Crippen molar-refractivity contribution in [2.24, 2.45) is 4.99 Å². The van der Waals surface area contributed by atoms with Crippen molar-refractivity contribution in [3.05, 3.63) is 82.6 Å². The third-order valence-electron chi connectivity index (χ3n) is 6.28. The van der Waals surface area contributed by atoms with Crippen LogP contribution in [0.5, 0.6) is 0 Å². The van der Waals surface area contributed by atoms with Gasteiger partial charge in [-0.25, -0.2) is 4.79 Å². The number of thioether (sulfide) groups is 1. The molecule has 2 unspecified atom stereocenters. The van der Waals surface area contributed by atoms with Crippen LogP contribution in [0.3, 0.4) is 0 Å². The molecular formula is C24H21ClN5O2S+. The summed E-state index contributed by atoms with van der Waals surface area (Å²) in [5.74, 6) is 0.590. The van der Waals surface area contributed by atoms with Crippen molar-refractivity contribution in [2.75, 3.05) is 12.3 Å². The van der Waals surface area contributed by atoms with Gasteiger partial charge in [-0.1, -0.05) is 35.9 Å². The van der Waals surface area contributed by atoms with Crippen LogP contribution in [0, 0.1) is 11.3 Å². The number of carbonyl (C=O) groups is 2. The maximum atomic E-state index is 13.6. The fourth-order valence-electron chi connectivity index (χ4n) is 4.56. The monoisotopic (exact) mass is 478 g/mol. The number of rotatable bonds is 4. The van der Waals surface area contributed by atoms with E-state index < -0.39 is 6.04 Å². The molecule has 0 saturated carbocycles. The summed E-state index contributed by atoms with van der Waals surface area (Å²) < 4.78 is -0.0748. The molecule has 2 aromatic rings. The first-order valence-corrected chi connectivity index (χ1v) is 12.0. The van der Waals surface area contributed by atoms with Crippen LogP contribution >= 0.6 is 23.4 Å². The molecule has 3 aliphatic heterocycles. The van der Waals surface area contributed by atoms with Crippen LogP contribution in [0.2, 0.25) is 5.02 Å². The van der Waals surface area contributed by atoms with Crippen LogP contribution in [-0.2, 0) is 11.3 Å². The molecular weight excluding hydrogens is 458 g/mol. The van der Waals surface area contributed by atoms with Crippen molar-refractivity contribution in [1.29, 1.82) is 5.26 Å². The van der Waals surface area contributed by atoms with Crippen molar-refractivity contribution in [1.82, 2.24) is 10.2 Å². The minimum absolute atomic E-state index is 0.0748. The van der Waals surface area contributed by atoms with Crippen molar-refractivity contribution < 1.29 is 14.1 Å². The van der Waals surface area contributed by atoms with E-state index in [1.807, 2.05) is 30.3 Å². The maximum Gasteiger partial charge on any atom is 0.429 e. The fraction of sp³-hybridized carbons (Fsp3) is 0.250. The first-order valence-electron chi connectivity index (χ1n) is 10.6. The van der Waals surface area contributed by atoms with Crippen molar-refractivity contribution in [2.45, 2.75) is 25.0 Å². The Kier molecular flexibility index (Phi) is 5.71. The highest BCUT2D eigenvalue weighted by molar-refractivity contribution is 8.13. The van der Waals surface area contributed by atoms with Gasteiger partial charge in [0.2, 0.25) is 5.91 Å². The molecule has 7 nitrogen and oxygen atoms in total. The Morgan fingerprint density at radius 3 is 2.88 bits per heavy atom. The molecule has 0 radical (unpaired) electrons. The molecule has 5 rings (SSSR count). The molecule has 33 heavy (non-hydrogen) atoms. The van der Waals surface area contributed by atoms with E-state index in [1.165, 1.54) is 0 Å². The number of amidine groups is 1. The van der Waals surface area contributed by atoms with Crippen LogP contribution in [0.4, 0.5) is 4.79 Å². The molecule has 2 saturated heterocycles. The number of quaternary nitrogens is 1. The molecule has 0 bridgehead atoms. The van der Waals surface area contributed by atoms with E-state index in [9.17, 15) is 9.59 Å². The summed E-state index contributed by atoms with van der Waals surface area (Å²) in [5, 5.41) is 13.4. The molecule has 0 aromatic heterocycles. The largest absolute Gasteiger partial charge is 0.429 e. The Morgan fingerprint density at radius 1 is 1.30 bits per heavy atom. The normalized spacial score (nSPS) is 25.6. The van der Waals surface area contributed by atoms with Gasteiger partial charge in [0, 0.05) is 23.7 Å². The van der Waals surface area contributed by atoms with Crippen LogP contribution in [-0.4, -0.2) is 44.8 Å². The number of benzene rings is 2. The summed E-state index contributed by atoms with van der Waals surface area (Å²) in [7, 11) is 0. The Labute approximate surface area is 200 Å². The van der Waals surface area contributed by atoms with Gasteiger partial charge in [0.1, 0.15) is 18.3 Å². The standard InChI is InChI=1S/C24H20ClN5O2S/c25-19-3-1-2-17(12-19)14-29-10-8-20(22(29)31)28-23(32)30-11-9-27-24(30)33-15-21(30)18-6-4-16(13-26)5-7-18/h1-7,9,11-12,20-21H,8,10,14-15H2/p+1/t20?,21?,30-/m1/s1. The SMILES string of the molecule is N#Cc1ccc(C2CSC3=NC=C[N@@+]32C(=O)NC2CCN(Cc3cccc(Cl)c3)C2=O)cc1. The van der Waals surface area contributed by atoms with E-state index in [1.54, 1.807) is 47.3 Å². The molecule has 3 heterocycles. The lowest BCUT2D eigenvalue weighted by atomic mass is 10.0. The zero-order valence-corrected chi connectivity index (χ0v) is 19.2. The molecule has 1 N–H and O–H groups in total. The highest BCUT2D eigenvalue weighted by atomic mass is 35.5. The number of nitrogens with one attached hydrogen (secondary N) is 1. The minimum atomic E-state index is -0.577. The van der Waals surface area contributed by atoms with Gasteiger partial charge >= 0.3 is 6.03 Å². The van der Waals surface area contributed by atoms with Crippen LogP contribution < -0.4 is 5.32 Å². The van der Waals surface area contributed by atoms with Crippen molar-refractivity contribution in [3.63, 3.8) is 0 Å². The molecule has 3 amide bonds. The van der Waals surface area contributed by atoms with E-state index in [0.717, 1.165) is 11.1 Å². The van der Waals surface area contributed by atoms with Gasteiger partial charge < -0.3 is 4.90 Å². The summed E-state index contributed by atoms with van der Waals surface area (Å²) in [4.78, 5) is 32.9. The second-order valence-corrected chi connectivity index (χ2v) is 9.65. The number of carbonyl (C=O) groups excluding carboxylic acids is 2. The molecule has 9 heteroatoms. The smallest absolute Gasteiger partial charge is 0.336 e. The van der Waals surface area contributed by atoms with Crippen molar-refractivity contribution >= 4 is 40.5 Å². The molecule has 3 atom stereocenters. The number of amides is 3. The second kappa shape index (κ2) is 8.67. The number of fused-ring (bicyclic) bond motifs is 1. The molecule has 2 aromatic carbocycles. The Hall–Kier alpha value is -3.12. The Bertz CT molecular complexity index is 1220. The van der Waals surface area contributed by atoms with E-state index in [-0.39, 0.29) is 22.5 Å². The summed E-state index contributed by atoms with van der Waals surface area (Å²) in [6.07, 6.45) is 3.99. The second-order valence-electron chi connectivity index (χ2n) is 8.23. The van der Waals surface area contributed by atoms with Crippen LogP contribution in [0.1, 0.15) is 29.2 Å². The topological polar surface area (TPSA) is 85.6 Å². The van der Waals surface area contributed by atoms with Gasteiger partial charge in [0.05, 0.1) is 23.6 Å². The first kappa shape index (κ1) is 21.7. The summed E-state index contributed by atoms with van der Waals surface area (Å²) in [5.41, 5.74) is 2.48. The predicted molar refractivity (Wildman–Crippen MR) is 127 cm³/mol.